The van der Waals surface area contributed by atoms with Gasteiger partial charge >= 0.3 is 11.7 Å². The van der Waals surface area contributed by atoms with Crippen LogP contribution >= 0.6 is 0 Å². The normalized spacial score (nSPS) is 13.9. The van der Waals surface area contributed by atoms with E-state index < -0.39 is 39.1 Å². The molecule has 0 aromatic heterocycles. The van der Waals surface area contributed by atoms with Gasteiger partial charge in [-0.25, -0.2) is 9.69 Å². The van der Waals surface area contributed by atoms with Crippen LogP contribution in [0.2, 0.25) is 0 Å². The summed E-state index contributed by atoms with van der Waals surface area (Å²) in [7, 11) is 1.47. The Labute approximate surface area is 244 Å². The highest BCUT2D eigenvalue weighted by Crippen LogP contribution is 2.41. The first-order valence-corrected chi connectivity index (χ1v) is 12.6. The highest BCUT2D eigenvalue weighted by molar-refractivity contribution is 6.39. The van der Waals surface area contributed by atoms with Gasteiger partial charge in [-0.3, -0.25) is 35.1 Å². The highest BCUT2D eigenvalue weighted by atomic mass is 16.6. The van der Waals surface area contributed by atoms with Crippen LogP contribution in [-0.4, -0.2) is 41.4 Å². The van der Waals surface area contributed by atoms with Gasteiger partial charge in [0.1, 0.15) is 11.3 Å². The molecule has 1 fully saturated rings. The lowest BCUT2D eigenvalue weighted by atomic mass is 10.0. The maximum atomic E-state index is 13.4. The number of nitro benzene ring substituents is 2. The molecule has 3 aromatic rings. The van der Waals surface area contributed by atoms with Crippen molar-refractivity contribution in [1.29, 1.82) is 0 Å². The average molecular weight is 589 g/mol. The van der Waals surface area contributed by atoms with Crippen LogP contribution in [0.15, 0.2) is 72.8 Å². The zero-order valence-corrected chi connectivity index (χ0v) is 22.9. The SMILES string of the molecule is C=CCc1cc(/C=C2\C(=O)NC(=O)N(c3ccc(OC)cc3)C2=O)cc(OCC)c1Oc1ccc([N+](=O)[O-])cc1[N+](=O)[O-]. The van der Waals surface area contributed by atoms with Crippen LogP contribution in [0.5, 0.6) is 23.0 Å². The number of non-ortho nitro benzene ring substituents is 1. The lowest BCUT2D eigenvalue weighted by Gasteiger charge is -2.26. The lowest BCUT2D eigenvalue weighted by molar-refractivity contribution is -0.394. The fourth-order valence-electron chi connectivity index (χ4n) is 4.20. The van der Waals surface area contributed by atoms with E-state index in [0.29, 0.717) is 16.9 Å². The van der Waals surface area contributed by atoms with Gasteiger partial charge in [-0.1, -0.05) is 6.08 Å². The van der Waals surface area contributed by atoms with Crippen molar-refractivity contribution in [2.45, 2.75) is 13.3 Å². The molecule has 1 N–H and O–H groups in total. The van der Waals surface area contributed by atoms with Crippen LogP contribution in [-0.2, 0) is 16.0 Å². The number of amides is 4. The van der Waals surface area contributed by atoms with Gasteiger partial charge in [0.05, 0.1) is 35.3 Å². The van der Waals surface area contributed by atoms with Crippen molar-refractivity contribution >= 4 is 41.0 Å². The van der Waals surface area contributed by atoms with Gasteiger partial charge in [0.25, 0.3) is 17.5 Å². The van der Waals surface area contributed by atoms with E-state index in [4.69, 9.17) is 14.2 Å². The number of carbonyl (C=O) groups is 3. The Morgan fingerprint density at radius 3 is 2.30 bits per heavy atom. The molecular weight excluding hydrogens is 564 g/mol. The first-order valence-electron chi connectivity index (χ1n) is 12.6. The van der Waals surface area contributed by atoms with Crippen molar-refractivity contribution in [3.8, 4) is 23.0 Å². The topological polar surface area (TPSA) is 180 Å². The predicted octanol–water partition coefficient (Wildman–Crippen LogP) is 5.10. The van der Waals surface area contributed by atoms with Crippen LogP contribution in [0.1, 0.15) is 18.1 Å². The van der Waals surface area contributed by atoms with E-state index >= 15 is 0 Å². The second-order valence-corrected chi connectivity index (χ2v) is 8.86. The molecule has 0 saturated carbocycles. The van der Waals surface area contributed by atoms with E-state index in [1.54, 1.807) is 25.1 Å². The Bertz CT molecular complexity index is 1680. The van der Waals surface area contributed by atoms with E-state index in [-0.39, 0.29) is 41.5 Å². The Morgan fingerprint density at radius 1 is 0.977 bits per heavy atom. The molecule has 1 saturated heterocycles. The summed E-state index contributed by atoms with van der Waals surface area (Å²) >= 11 is 0. The summed E-state index contributed by atoms with van der Waals surface area (Å²) in [6.45, 7) is 5.56. The van der Waals surface area contributed by atoms with E-state index in [9.17, 15) is 34.6 Å². The number of urea groups is 1. The third kappa shape index (κ3) is 6.32. The van der Waals surface area contributed by atoms with Crippen LogP contribution < -0.4 is 24.4 Å². The Hall–Kier alpha value is -6.05. The van der Waals surface area contributed by atoms with Crippen LogP contribution in [0.3, 0.4) is 0 Å². The molecule has 43 heavy (non-hydrogen) atoms. The highest BCUT2D eigenvalue weighted by Gasteiger charge is 2.37. The number of nitrogens with zero attached hydrogens (tertiary/aromatic N) is 3. The number of carbonyl (C=O) groups excluding carboxylic acids is 3. The second kappa shape index (κ2) is 12.6. The first kappa shape index (κ1) is 29.9. The van der Waals surface area contributed by atoms with Crippen molar-refractivity contribution in [3.63, 3.8) is 0 Å². The molecule has 14 nitrogen and oxygen atoms in total. The van der Waals surface area contributed by atoms with Gasteiger partial charge in [-0.05, 0) is 67.4 Å². The van der Waals surface area contributed by atoms with E-state index in [1.807, 2.05) is 0 Å². The van der Waals surface area contributed by atoms with Gasteiger partial charge in [-0.2, -0.15) is 0 Å². The maximum absolute atomic E-state index is 13.4. The monoisotopic (exact) mass is 588 g/mol. The van der Waals surface area contributed by atoms with Crippen molar-refractivity contribution in [1.82, 2.24) is 5.32 Å². The maximum Gasteiger partial charge on any atom is 0.335 e. The minimum atomic E-state index is -0.923. The van der Waals surface area contributed by atoms with Crippen molar-refractivity contribution in [2.75, 3.05) is 18.6 Å². The van der Waals surface area contributed by atoms with Crippen LogP contribution in [0, 0.1) is 20.2 Å². The number of nitro groups is 2. The number of anilines is 1. The third-order valence-corrected chi connectivity index (χ3v) is 6.12. The molecule has 4 amide bonds. The summed E-state index contributed by atoms with van der Waals surface area (Å²) in [4.78, 5) is 60.8. The van der Waals surface area contributed by atoms with Crippen molar-refractivity contribution < 1.29 is 38.4 Å². The number of imide groups is 2. The molecule has 0 spiro atoms. The van der Waals surface area contributed by atoms with E-state index in [0.717, 1.165) is 23.1 Å². The van der Waals surface area contributed by atoms with E-state index in [2.05, 4.69) is 11.9 Å². The zero-order valence-electron chi connectivity index (χ0n) is 22.9. The summed E-state index contributed by atoms with van der Waals surface area (Å²) < 4.78 is 16.8. The predicted molar refractivity (Wildman–Crippen MR) is 153 cm³/mol. The first-order chi connectivity index (χ1) is 20.6. The minimum absolute atomic E-state index is 0.0651. The van der Waals surface area contributed by atoms with E-state index in [1.165, 1.54) is 37.5 Å². The molecule has 0 radical (unpaired) electrons. The number of rotatable bonds is 11. The number of barbiturate groups is 1. The molecule has 220 valence electrons. The quantitative estimate of drug-likeness (QED) is 0.104. The molecular formula is C29H24N4O10. The molecule has 3 aromatic carbocycles. The summed E-state index contributed by atoms with van der Waals surface area (Å²) in [5.41, 5.74) is -0.546. The third-order valence-electron chi connectivity index (χ3n) is 6.12. The number of benzene rings is 3. The number of hydrogen-bond donors (Lipinski definition) is 1. The Kier molecular flexibility index (Phi) is 8.79. The minimum Gasteiger partial charge on any atom is -0.497 e. The van der Waals surface area contributed by atoms with Gasteiger partial charge in [0, 0.05) is 11.6 Å². The molecule has 1 aliphatic rings. The van der Waals surface area contributed by atoms with Crippen molar-refractivity contribution in [2.24, 2.45) is 0 Å². The summed E-state index contributed by atoms with van der Waals surface area (Å²) in [5, 5.41) is 25.0. The number of nitrogens with one attached hydrogen (secondary N) is 1. The molecule has 4 rings (SSSR count). The van der Waals surface area contributed by atoms with Gasteiger partial charge < -0.3 is 14.2 Å². The number of hydrogen-bond acceptors (Lipinski definition) is 10. The van der Waals surface area contributed by atoms with Gasteiger partial charge in [0.15, 0.2) is 11.5 Å². The molecule has 1 aliphatic heterocycles. The van der Waals surface area contributed by atoms with Gasteiger partial charge in [-0.15, -0.1) is 6.58 Å². The largest absolute Gasteiger partial charge is 0.497 e. The fraction of sp³-hybridized carbons (Fsp3) is 0.138. The van der Waals surface area contributed by atoms with Crippen molar-refractivity contribution in [3.05, 3.63) is 104 Å². The lowest BCUT2D eigenvalue weighted by Crippen LogP contribution is -2.54. The zero-order chi connectivity index (χ0) is 31.3. The summed E-state index contributed by atoms with van der Waals surface area (Å²) in [6, 6.07) is 11.1. The second-order valence-electron chi connectivity index (χ2n) is 8.86. The molecule has 14 heteroatoms. The molecule has 0 unspecified atom stereocenters. The number of methoxy groups -OCH3 is 1. The summed E-state index contributed by atoms with van der Waals surface area (Å²) in [6.07, 6.45) is 2.97. The summed E-state index contributed by atoms with van der Waals surface area (Å²) in [5.74, 6) is -1.39. The smallest absolute Gasteiger partial charge is 0.335 e. The van der Waals surface area contributed by atoms with Gasteiger partial charge in [0.2, 0.25) is 5.75 Å². The number of ether oxygens (including phenoxy) is 3. The molecule has 0 aliphatic carbocycles. The standard InChI is InChI=1S/C29H24N4O10/c1-4-6-18-13-17(14-22-27(34)30-29(36)31(28(22)35)19-7-10-21(41-3)11-8-19)15-25(42-5-2)26(18)43-24-12-9-20(32(37)38)16-23(24)33(39)40/h4,7-16H,1,5-6H2,2-3H3,(H,30,34,36)/b22-14+. The average Bonchev–Trinajstić information content (AvgIpc) is 2.97. The molecule has 1 heterocycles. The molecule has 0 bridgehead atoms. The van der Waals surface area contributed by atoms with Crippen LogP contribution in [0.4, 0.5) is 21.9 Å². The van der Waals surface area contributed by atoms with Crippen LogP contribution in [0.25, 0.3) is 6.08 Å². The molecule has 0 atom stereocenters. The number of allylic oxidation sites excluding steroid dienone is 1. The fourth-order valence-corrected chi connectivity index (χ4v) is 4.20. The Balaban J connectivity index is 1.79. The Morgan fingerprint density at radius 2 is 1.70 bits per heavy atom.